The second-order valence-electron chi connectivity index (χ2n) is 6.46. The second-order valence-corrected chi connectivity index (χ2v) is 6.46. The van der Waals surface area contributed by atoms with Gasteiger partial charge in [-0.3, -0.25) is 4.79 Å². The van der Waals surface area contributed by atoms with Gasteiger partial charge in [-0.05, 0) is 42.2 Å². The number of carbonyl (C=O) groups excluding carboxylic acids is 1. The lowest BCUT2D eigenvalue weighted by Gasteiger charge is -2.37. The van der Waals surface area contributed by atoms with Crippen molar-refractivity contribution < 1.29 is 13.9 Å². The first-order chi connectivity index (χ1) is 12.7. The van der Waals surface area contributed by atoms with Crippen molar-refractivity contribution in [2.75, 3.05) is 7.11 Å². The first-order valence-electron chi connectivity index (χ1n) is 8.59. The Morgan fingerprint density at radius 3 is 2.69 bits per heavy atom. The standard InChI is InChI=1S/C21H20N2O3/c1-14-20(22-13-26-14)21(24)23-12-17-10-18(25-2)9-8-16(17)11-19(23)15-6-4-3-5-7-15/h3-10,13,19H,11-12H2,1-2H3. The van der Waals surface area contributed by atoms with E-state index in [1.165, 1.54) is 12.0 Å². The molecule has 2 aromatic carbocycles. The van der Waals surface area contributed by atoms with E-state index in [2.05, 4.69) is 23.2 Å². The first kappa shape index (κ1) is 16.4. The fraction of sp³-hybridized carbons (Fsp3) is 0.238. The van der Waals surface area contributed by atoms with E-state index in [4.69, 9.17) is 9.15 Å². The number of aryl methyl sites for hydroxylation is 1. The van der Waals surface area contributed by atoms with Crippen molar-refractivity contribution in [1.29, 1.82) is 0 Å². The quantitative estimate of drug-likeness (QED) is 0.720. The number of benzene rings is 2. The van der Waals surface area contributed by atoms with Gasteiger partial charge in [0.15, 0.2) is 12.1 Å². The molecule has 0 aliphatic carbocycles. The Balaban J connectivity index is 1.77. The predicted octanol–water partition coefficient (Wildman–Crippen LogP) is 3.93. The van der Waals surface area contributed by atoms with Gasteiger partial charge in [0.1, 0.15) is 11.5 Å². The second kappa shape index (κ2) is 6.67. The van der Waals surface area contributed by atoms with Crippen molar-refractivity contribution in [2.24, 2.45) is 0 Å². The van der Waals surface area contributed by atoms with Gasteiger partial charge in [-0.1, -0.05) is 36.4 Å². The van der Waals surface area contributed by atoms with E-state index >= 15 is 0 Å². The normalized spacial score (nSPS) is 16.2. The summed E-state index contributed by atoms with van der Waals surface area (Å²) < 4.78 is 10.6. The number of carbonyl (C=O) groups is 1. The van der Waals surface area contributed by atoms with Gasteiger partial charge in [0, 0.05) is 6.54 Å². The summed E-state index contributed by atoms with van der Waals surface area (Å²) in [7, 11) is 1.65. The molecule has 132 valence electrons. The van der Waals surface area contributed by atoms with Crippen molar-refractivity contribution in [1.82, 2.24) is 9.88 Å². The van der Waals surface area contributed by atoms with Crippen LogP contribution in [0.4, 0.5) is 0 Å². The summed E-state index contributed by atoms with van der Waals surface area (Å²) >= 11 is 0. The molecule has 1 aliphatic rings. The van der Waals surface area contributed by atoms with Crippen LogP contribution < -0.4 is 4.74 Å². The predicted molar refractivity (Wildman–Crippen MR) is 97.0 cm³/mol. The summed E-state index contributed by atoms with van der Waals surface area (Å²) in [6.45, 7) is 2.27. The number of fused-ring (bicyclic) bond motifs is 1. The zero-order valence-corrected chi connectivity index (χ0v) is 14.8. The number of amides is 1. The van der Waals surface area contributed by atoms with Gasteiger partial charge in [0.25, 0.3) is 5.91 Å². The van der Waals surface area contributed by atoms with E-state index in [1.54, 1.807) is 14.0 Å². The molecule has 0 spiro atoms. The van der Waals surface area contributed by atoms with Crippen LogP contribution in [0.15, 0.2) is 59.3 Å². The molecule has 1 aliphatic heterocycles. The van der Waals surface area contributed by atoms with Crippen molar-refractivity contribution in [3.05, 3.63) is 83.1 Å². The highest BCUT2D eigenvalue weighted by Crippen LogP contribution is 2.35. The molecule has 1 aromatic heterocycles. The molecule has 1 unspecified atom stereocenters. The molecular weight excluding hydrogens is 328 g/mol. The molecule has 1 atom stereocenters. The SMILES string of the molecule is COc1ccc2c(c1)CN(C(=O)c1ncoc1C)C(c1ccccc1)C2. The minimum Gasteiger partial charge on any atom is -0.497 e. The Hall–Kier alpha value is -3.08. The summed E-state index contributed by atoms with van der Waals surface area (Å²) in [5.74, 6) is 1.23. The van der Waals surface area contributed by atoms with E-state index in [0.717, 1.165) is 23.3 Å². The van der Waals surface area contributed by atoms with Crippen LogP contribution in [0.5, 0.6) is 5.75 Å². The van der Waals surface area contributed by atoms with Crippen LogP contribution in [-0.2, 0) is 13.0 Å². The maximum Gasteiger partial charge on any atom is 0.276 e. The monoisotopic (exact) mass is 348 g/mol. The minimum absolute atomic E-state index is 0.0410. The molecule has 0 radical (unpaired) electrons. The molecule has 0 bridgehead atoms. The number of methoxy groups -OCH3 is 1. The Labute approximate surface area is 152 Å². The zero-order chi connectivity index (χ0) is 18.1. The Bertz CT molecular complexity index is 933. The van der Waals surface area contributed by atoms with Crippen LogP contribution in [-0.4, -0.2) is 22.9 Å². The summed E-state index contributed by atoms with van der Waals surface area (Å²) in [5, 5.41) is 0. The van der Waals surface area contributed by atoms with Crippen molar-refractivity contribution in [2.45, 2.75) is 25.9 Å². The highest BCUT2D eigenvalue weighted by Gasteiger charge is 2.33. The van der Waals surface area contributed by atoms with Gasteiger partial charge < -0.3 is 14.1 Å². The Morgan fingerprint density at radius 2 is 2.00 bits per heavy atom. The number of oxazole rings is 1. The van der Waals surface area contributed by atoms with Crippen LogP contribution >= 0.6 is 0 Å². The van der Waals surface area contributed by atoms with E-state index in [1.807, 2.05) is 35.2 Å². The highest BCUT2D eigenvalue weighted by molar-refractivity contribution is 5.93. The molecule has 0 saturated heterocycles. The van der Waals surface area contributed by atoms with Gasteiger partial charge in [-0.2, -0.15) is 0 Å². The summed E-state index contributed by atoms with van der Waals surface area (Å²) in [6.07, 6.45) is 2.08. The first-order valence-corrected chi connectivity index (χ1v) is 8.59. The Morgan fingerprint density at radius 1 is 1.19 bits per heavy atom. The van der Waals surface area contributed by atoms with Crippen LogP contribution in [0.1, 0.15) is 39.0 Å². The fourth-order valence-electron chi connectivity index (χ4n) is 3.52. The molecule has 0 saturated carbocycles. The van der Waals surface area contributed by atoms with E-state index in [9.17, 15) is 4.79 Å². The number of hydrogen-bond donors (Lipinski definition) is 0. The number of nitrogens with zero attached hydrogens (tertiary/aromatic N) is 2. The average molecular weight is 348 g/mol. The largest absolute Gasteiger partial charge is 0.497 e. The number of ether oxygens (including phenoxy) is 1. The summed E-state index contributed by atoms with van der Waals surface area (Å²) in [4.78, 5) is 19.2. The maximum absolute atomic E-state index is 13.2. The third kappa shape index (κ3) is 2.86. The lowest BCUT2D eigenvalue weighted by Crippen LogP contribution is -2.39. The lowest BCUT2D eigenvalue weighted by atomic mass is 9.89. The molecule has 4 rings (SSSR count). The average Bonchev–Trinajstić information content (AvgIpc) is 3.12. The van der Waals surface area contributed by atoms with Crippen molar-refractivity contribution >= 4 is 5.91 Å². The van der Waals surface area contributed by atoms with Crippen LogP contribution in [0.25, 0.3) is 0 Å². The zero-order valence-electron chi connectivity index (χ0n) is 14.8. The van der Waals surface area contributed by atoms with Gasteiger partial charge in [0.2, 0.25) is 0 Å². The fourth-order valence-corrected chi connectivity index (χ4v) is 3.52. The molecule has 5 nitrogen and oxygen atoms in total. The van der Waals surface area contributed by atoms with E-state index < -0.39 is 0 Å². The Kier molecular flexibility index (Phi) is 4.21. The van der Waals surface area contributed by atoms with Crippen LogP contribution in [0.2, 0.25) is 0 Å². The van der Waals surface area contributed by atoms with Crippen molar-refractivity contribution in [3.63, 3.8) is 0 Å². The van der Waals surface area contributed by atoms with Crippen LogP contribution in [0.3, 0.4) is 0 Å². The maximum atomic E-state index is 13.2. The molecule has 0 N–H and O–H groups in total. The third-order valence-electron chi connectivity index (χ3n) is 4.94. The third-order valence-corrected chi connectivity index (χ3v) is 4.94. The molecule has 2 heterocycles. The molecule has 3 aromatic rings. The minimum atomic E-state index is -0.112. The van der Waals surface area contributed by atoms with Gasteiger partial charge in [0.05, 0.1) is 13.2 Å². The summed E-state index contributed by atoms with van der Waals surface area (Å²) in [6, 6.07) is 16.1. The van der Waals surface area contributed by atoms with Gasteiger partial charge in [-0.15, -0.1) is 0 Å². The molecule has 1 amide bonds. The molecule has 0 fully saturated rings. The van der Waals surface area contributed by atoms with E-state index in [0.29, 0.717) is 18.0 Å². The summed E-state index contributed by atoms with van der Waals surface area (Å²) in [5.41, 5.74) is 3.83. The molecule has 5 heteroatoms. The van der Waals surface area contributed by atoms with Gasteiger partial charge in [-0.25, -0.2) is 4.98 Å². The topological polar surface area (TPSA) is 55.6 Å². The smallest absolute Gasteiger partial charge is 0.276 e. The number of rotatable bonds is 3. The van der Waals surface area contributed by atoms with Gasteiger partial charge >= 0.3 is 0 Å². The number of hydrogen-bond acceptors (Lipinski definition) is 4. The number of aromatic nitrogens is 1. The highest BCUT2D eigenvalue weighted by atomic mass is 16.5. The van der Waals surface area contributed by atoms with E-state index in [-0.39, 0.29) is 11.9 Å². The van der Waals surface area contributed by atoms with Crippen molar-refractivity contribution in [3.8, 4) is 5.75 Å². The molecule has 26 heavy (non-hydrogen) atoms. The molecular formula is C21H20N2O3. The lowest BCUT2D eigenvalue weighted by molar-refractivity contribution is 0.0630. The van der Waals surface area contributed by atoms with Crippen LogP contribution in [0, 0.1) is 6.92 Å².